The van der Waals surface area contributed by atoms with Gasteiger partial charge in [0.25, 0.3) is 0 Å². The molecule has 0 bridgehead atoms. The molecular weight excluding hydrogens is 318 g/mol. The Balaban J connectivity index is 0.00000146. The average molecular weight is 352 g/mol. The van der Waals surface area contributed by atoms with Gasteiger partial charge in [0, 0.05) is 24.3 Å². The second-order valence-corrected chi connectivity index (χ2v) is 5.07. The summed E-state index contributed by atoms with van der Waals surface area (Å²) in [5.74, 6) is 0.0628. The molecule has 2 aromatic rings. The number of allylic oxidation sites excluding steroid dienone is 4. The first-order valence-corrected chi connectivity index (χ1v) is 9.54. The highest BCUT2D eigenvalue weighted by Gasteiger charge is 2.21. The number of hydrogen-bond donors (Lipinski definition) is 0. The molecule has 0 radical (unpaired) electrons. The van der Waals surface area contributed by atoms with Gasteiger partial charge in [-0.15, -0.1) is 0 Å². The van der Waals surface area contributed by atoms with E-state index in [2.05, 4.69) is 38.3 Å². The summed E-state index contributed by atoms with van der Waals surface area (Å²) in [5.41, 5.74) is 3.20. The molecule has 0 amide bonds. The summed E-state index contributed by atoms with van der Waals surface area (Å²) < 4.78 is 2.01. The fourth-order valence-electron chi connectivity index (χ4n) is 2.78. The highest BCUT2D eigenvalue weighted by molar-refractivity contribution is 5.83. The third-order valence-electron chi connectivity index (χ3n) is 3.81. The van der Waals surface area contributed by atoms with Crippen molar-refractivity contribution in [3.63, 3.8) is 0 Å². The molecule has 0 fully saturated rings. The van der Waals surface area contributed by atoms with Crippen molar-refractivity contribution in [3.05, 3.63) is 66.9 Å². The summed E-state index contributed by atoms with van der Waals surface area (Å²) in [7, 11) is 0. The molecule has 0 N–H and O–H groups in total. The van der Waals surface area contributed by atoms with Gasteiger partial charge in [-0.25, -0.2) is 0 Å². The zero-order valence-electron chi connectivity index (χ0n) is 17.0. The van der Waals surface area contributed by atoms with Gasteiger partial charge in [0.1, 0.15) is 0 Å². The van der Waals surface area contributed by atoms with E-state index in [0.717, 1.165) is 35.1 Å². The van der Waals surface area contributed by atoms with E-state index in [1.165, 1.54) is 0 Å². The summed E-state index contributed by atoms with van der Waals surface area (Å²) in [6.45, 7) is 18.6. The number of aryl methyl sites for hydroxylation is 1. The Morgan fingerprint density at radius 1 is 1.23 bits per heavy atom. The normalized spacial score (nSPS) is 11.3. The standard InChI is InChI=1S/C19H21N3.2C2H6/c1-4-10-15(5-2)16(12-9-14-20)19-17-11-7-8-13-18(17)22(6-3)21-19;2*1-2/h4-5,7-8,10-11,13,16H,1-2,6,9,12H2,3H3;2*1-2H3/b15-10+;;. The van der Waals surface area contributed by atoms with E-state index in [-0.39, 0.29) is 5.92 Å². The monoisotopic (exact) mass is 351 g/mol. The summed E-state index contributed by atoms with van der Waals surface area (Å²) in [4.78, 5) is 0. The minimum atomic E-state index is 0.0628. The van der Waals surface area contributed by atoms with Crippen LogP contribution < -0.4 is 0 Å². The van der Waals surface area contributed by atoms with Crippen LogP contribution >= 0.6 is 0 Å². The Morgan fingerprint density at radius 3 is 2.42 bits per heavy atom. The van der Waals surface area contributed by atoms with Crippen LogP contribution in [0.5, 0.6) is 0 Å². The lowest BCUT2D eigenvalue weighted by molar-refractivity contribution is 0.636. The van der Waals surface area contributed by atoms with Crippen molar-refractivity contribution in [3.8, 4) is 6.07 Å². The SMILES string of the molecule is C=C/C=C(\C=C)C(CCC#N)c1nn(CC)c2ccccc12.CC.CC. The molecule has 3 heteroatoms. The van der Waals surface area contributed by atoms with Crippen molar-refractivity contribution in [2.45, 2.75) is 59.9 Å². The lowest BCUT2D eigenvalue weighted by Gasteiger charge is -2.15. The molecule has 26 heavy (non-hydrogen) atoms. The third kappa shape index (κ3) is 5.74. The molecule has 0 aliphatic carbocycles. The van der Waals surface area contributed by atoms with Crippen LogP contribution in [0.25, 0.3) is 10.9 Å². The molecule has 1 aromatic heterocycles. The van der Waals surface area contributed by atoms with E-state index in [4.69, 9.17) is 10.4 Å². The van der Waals surface area contributed by atoms with Gasteiger partial charge in [-0.3, -0.25) is 4.68 Å². The second kappa shape index (κ2) is 13.7. The van der Waals surface area contributed by atoms with Crippen molar-refractivity contribution in [2.24, 2.45) is 0 Å². The quantitative estimate of drug-likeness (QED) is 0.515. The first-order chi connectivity index (χ1) is 12.8. The molecule has 1 heterocycles. The summed E-state index contributed by atoms with van der Waals surface area (Å²) in [5, 5.41) is 14.9. The maximum absolute atomic E-state index is 8.97. The lowest BCUT2D eigenvalue weighted by Crippen LogP contribution is -2.04. The number of nitrogens with zero attached hydrogens (tertiary/aromatic N) is 3. The molecule has 3 nitrogen and oxygen atoms in total. The molecular formula is C23H33N3. The van der Waals surface area contributed by atoms with Crippen LogP contribution in [0.1, 0.15) is 59.1 Å². The molecule has 0 aliphatic heterocycles. The zero-order chi connectivity index (χ0) is 19.9. The number of para-hydroxylation sites is 1. The Kier molecular flexibility index (Phi) is 12.3. The Hall–Kier alpha value is -2.60. The van der Waals surface area contributed by atoms with Gasteiger partial charge in [0.05, 0.1) is 17.3 Å². The molecule has 1 aromatic carbocycles. The molecule has 0 saturated heterocycles. The predicted molar refractivity (Wildman–Crippen MR) is 114 cm³/mol. The molecule has 140 valence electrons. The zero-order valence-corrected chi connectivity index (χ0v) is 17.0. The Morgan fingerprint density at radius 2 is 1.88 bits per heavy atom. The number of nitriles is 1. The number of aromatic nitrogens is 2. The molecule has 1 atom stereocenters. The molecule has 0 spiro atoms. The minimum absolute atomic E-state index is 0.0628. The van der Waals surface area contributed by atoms with Gasteiger partial charge < -0.3 is 0 Å². The fourth-order valence-corrected chi connectivity index (χ4v) is 2.78. The van der Waals surface area contributed by atoms with E-state index in [0.29, 0.717) is 6.42 Å². The van der Waals surface area contributed by atoms with Crippen molar-refractivity contribution in [2.75, 3.05) is 0 Å². The van der Waals surface area contributed by atoms with E-state index in [1.807, 2.05) is 56.7 Å². The highest BCUT2D eigenvalue weighted by atomic mass is 15.3. The van der Waals surface area contributed by atoms with Crippen LogP contribution in [-0.4, -0.2) is 9.78 Å². The first-order valence-electron chi connectivity index (χ1n) is 9.54. The summed E-state index contributed by atoms with van der Waals surface area (Å²) in [6.07, 6.45) is 6.76. The average Bonchev–Trinajstić information content (AvgIpc) is 3.09. The van der Waals surface area contributed by atoms with E-state index in [1.54, 1.807) is 6.08 Å². The van der Waals surface area contributed by atoms with Crippen molar-refractivity contribution >= 4 is 10.9 Å². The van der Waals surface area contributed by atoms with Crippen LogP contribution in [0.2, 0.25) is 0 Å². The largest absolute Gasteiger partial charge is 0.265 e. The van der Waals surface area contributed by atoms with Gasteiger partial charge in [-0.2, -0.15) is 10.4 Å². The summed E-state index contributed by atoms with van der Waals surface area (Å²) >= 11 is 0. The van der Waals surface area contributed by atoms with Gasteiger partial charge in [0.2, 0.25) is 0 Å². The van der Waals surface area contributed by atoms with Gasteiger partial charge in [-0.1, -0.05) is 77.3 Å². The highest BCUT2D eigenvalue weighted by Crippen LogP contribution is 2.34. The van der Waals surface area contributed by atoms with Gasteiger partial charge in [-0.05, 0) is 25.0 Å². The van der Waals surface area contributed by atoms with Crippen LogP contribution in [-0.2, 0) is 6.54 Å². The van der Waals surface area contributed by atoms with E-state index >= 15 is 0 Å². The smallest absolute Gasteiger partial charge is 0.0778 e. The van der Waals surface area contributed by atoms with E-state index < -0.39 is 0 Å². The first kappa shape index (κ1) is 23.4. The molecule has 2 rings (SSSR count). The third-order valence-corrected chi connectivity index (χ3v) is 3.81. The van der Waals surface area contributed by atoms with E-state index in [9.17, 15) is 0 Å². The fraction of sp³-hybridized carbons (Fsp3) is 0.391. The molecule has 1 unspecified atom stereocenters. The van der Waals surface area contributed by atoms with Crippen LogP contribution in [0.15, 0.2) is 61.2 Å². The maximum Gasteiger partial charge on any atom is 0.0778 e. The topological polar surface area (TPSA) is 41.6 Å². The van der Waals surface area contributed by atoms with Crippen molar-refractivity contribution in [1.82, 2.24) is 9.78 Å². The van der Waals surface area contributed by atoms with Crippen molar-refractivity contribution in [1.29, 1.82) is 5.26 Å². The molecule has 0 saturated carbocycles. The Bertz CT molecular complexity index is 744. The van der Waals surface area contributed by atoms with Gasteiger partial charge >= 0.3 is 0 Å². The van der Waals surface area contributed by atoms with Crippen LogP contribution in [0.3, 0.4) is 0 Å². The predicted octanol–water partition coefficient (Wildman–Crippen LogP) is 6.79. The summed E-state index contributed by atoms with van der Waals surface area (Å²) in [6, 6.07) is 10.5. The number of fused-ring (bicyclic) bond motifs is 1. The lowest BCUT2D eigenvalue weighted by atomic mass is 9.89. The number of benzene rings is 1. The Labute approximate surface area is 159 Å². The molecule has 0 aliphatic rings. The number of rotatable bonds is 7. The van der Waals surface area contributed by atoms with Crippen molar-refractivity contribution < 1.29 is 0 Å². The second-order valence-electron chi connectivity index (χ2n) is 5.07. The van der Waals surface area contributed by atoms with Gasteiger partial charge in [0.15, 0.2) is 0 Å². The van der Waals surface area contributed by atoms with Crippen LogP contribution in [0, 0.1) is 11.3 Å². The van der Waals surface area contributed by atoms with Crippen LogP contribution in [0.4, 0.5) is 0 Å². The minimum Gasteiger partial charge on any atom is -0.265 e. The maximum atomic E-state index is 8.97. The number of hydrogen-bond acceptors (Lipinski definition) is 2.